The van der Waals surface area contributed by atoms with Gasteiger partial charge in [0.1, 0.15) is 37.6 Å². The van der Waals surface area contributed by atoms with Gasteiger partial charge in [0.05, 0.1) is 32.5 Å². The van der Waals surface area contributed by atoms with Crippen LogP contribution in [0.4, 0.5) is 10.5 Å². The molecule has 2 aromatic carbocycles. The van der Waals surface area contributed by atoms with E-state index in [1.54, 1.807) is 0 Å². The van der Waals surface area contributed by atoms with Crippen LogP contribution in [-0.4, -0.2) is 114 Å². The zero-order valence-electron chi connectivity index (χ0n) is 57.7. The molecule has 0 bridgehead atoms. The van der Waals surface area contributed by atoms with Crippen molar-refractivity contribution in [2.24, 2.45) is 0 Å². The first-order valence-electron chi connectivity index (χ1n) is 36.0. The van der Waals surface area contributed by atoms with E-state index in [0.717, 1.165) is 109 Å². The van der Waals surface area contributed by atoms with E-state index in [4.69, 9.17) is 32.4 Å². The molecule has 1 unspecified atom stereocenters. The molecule has 92 heavy (non-hydrogen) atoms. The monoisotopic (exact) mass is 1300 g/mol. The van der Waals surface area contributed by atoms with Crippen molar-refractivity contribution in [1.29, 1.82) is 0 Å². The van der Waals surface area contributed by atoms with Crippen molar-refractivity contribution in [3.63, 3.8) is 0 Å². The lowest BCUT2D eigenvalue weighted by molar-refractivity contribution is -0.161. The molecule has 1 heterocycles. The second-order valence-electron chi connectivity index (χ2n) is 24.5. The molecule has 2 atom stereocenters. The predicted octanol–water partition coefficient (Wildman–Crippen LogP) is 17.4. The number of fused-ring (bicyclic) bond motifs is 2. The Morgan fingerprint density at radius 2 is 1.08 bits per heavy atom. The molecule has 0 aromatic heterocycles. The minimum atomic E-state index is -4.69. The van der Waals surface area contributed by atoms with Crippen LogP contribution < -0.4 is 25.5 Å². The number of carbonyl (C=O) groups excluding carboxylic acids is 4. The number of phosphoric acid groups is 1. The second kappa shape index (κ2) is 49.3. The number of esters is 2. The number of unbranched alkanes of at least 4 members (excludes halogenated alkanes) is 28. The zero-order chi connectivity index (χ0) is 66.3. The summed E-state index contributed by atoms with van der Waals surface area (Å²) in [4.78, 5) is 65.0. The summed E-state index contributed by atoms with van der Waals surface area (Å²) in [6.07, 6.45) is 34.8. The Morgan fingerprint density at radius 3 is 1.63 bits per heavy atom. The molecule has 0 spiro atoms. The van der Waals surface area contributed by atoms with E-state index in [1.165, 1.54) is 141 Å². The Kier molecular flexibility index (Phi) is 42.4. The average molecular weight is 1300 g/mol. The van der Waals surface area contributed by atoms with Crippen LogP contribution in [0.2, 0.25) is 0 Å². The molecule has 3 N–H and O–H groups in total. The van der Waals surface area contributed by atoms with Crippen molar-refractivity contribution in [2.75, 3.05) is 83.8 Å². The van der Waals surface area contributed by atoms with Gasteiger partial charge in [0.25, 0.3) is 5.91 Å². The maximum Gasteiger partial charge on any atom is 0.472 e. The van der Waals surface area contributed by atoms with Crippen LogP contribution in [0.15, 0.2) is 65.1 Å². The normalized spacial score (nSPS) is 12.4. The Hall–Kier alpha value is -5.32. The number of nitrogens with zero attached hydrogens (tertiary/aromatic N) is 2. The molecule has 1 aliphatic carbocycles. The average Bonchev–Trinajstić information content (AvgIpc) is 0.750. The van der Waals surface area contributed by atoms with Crippen LogP contribution in [-0.2, 0) is 42.1 Å². The van der Waals surface area contributed by atoms with Crippen LogP contribution in [0.3, 0.4) is 0 Å². The van der Waals surface area contributed by atoms with Crippen molar-refractivity contribution >= 4 is 48.4 Å². The number of ether oxygens (including phenoxy) is 4. The second-order valence-corrected chi connectivity index (χ2v) is 25.9. The van der Waals surface area contributed by atoms with Gasteiger partial charge in [0.2, 0.25) is 5.36 Å². The molecule has 2 aromatic rings. The van der Waals surface area contributed by atoms with Gasteiger partial charge in [-0.15, -0.1) is 0 Å². The van der Waals surface area contributed by atoms with Crippen LogP contribution in [0.25, 0.3) is 33.4 Å². The molecular weight excluding hydrogens is 1180 g/mol. The van der Waals surface area contributed by atoms with Gasteiger partial charge in [-0.2, -0.15) is 0 Å². The van der Waals surface area contributed by atoms with Crippen LogP contribution >= 0.6 is 7.82 Å². The fourth-order valence-electron chi connectivity index (χ4n) is 11.7. The van der Waals surface area contributed by atoms with Gasteiger partial charge in [-0.05, 0) is 70.4 Å². The van der Waals surface area contributed by atoms with Gasteiger partial charge in [0, 0.05) is 78.9 Å². The van der Waals surface area contributed by atoms with E-state index in [2.05, 4.69) is 98.0 Å². The molecule has 0 fully saturated rings. The lowest BCUT2D eigenvalue weighted by Crippen LogP contribution is -2.30. The summed E-state index contributed by atoms with van der Waals surface area (Å²) in [5.41, 5.74) is 4.84. The summed E-state index contributed by atoms with van der Waals surface area (Å²) in [5, 5.41) is 7.39. The summed E-state index contributed by atoms with van der Waals surface area (Å²) in [6, 6.07) is 20.1. The predicted molar refractivity (Wildman–Crippen MR) is 372 cm³/mol. The van der Waals surface area contributed by atoms with E-state index in [9.17, 15) is 28.6 Å². The SMILES string of the molecule is CCCCCCCCCCCCCCCCCC(=O)OC[C@H](COP(=O)(O)OCCNC(=O)OCCOCCNC(=O)c1ccccc1-c1c2ccc(=[N+](CC)CC)cc-2oc2cc(N(CC)CC)ccc12)OC(=O)CCCCCCCCCCCCCCCCC. The summed E-state index contributed by atoms with van der Waals surface area (Å²) in [7, 11) is -4.69. The Morgan fingerprint density at radius 1 is 0.543 bits per heavy atom. The molecule has 518 valence electrons. The molecule has 17 nitrogen and oxygen atoms in total. The number of phosphoric ester groups is 1. The van der Waals surface area contributed by atoms with Crippen LogP contribution in [0, 0.1) is 0 Å². The summed E-state index contributed by atoms with van der Waals surface area (Å²) < 4.78 is 54.2. The minimum Gasteiger partial charge on any atom is -0.462 e. The number of hydrogen-bond donors (Lipinski definition) is 3. The highest BCUT2D eigenvalue weighted by atomic mass is 31.2. The molecule has 2 amide bonds. The maximum absolute atomic E-state index is 13.9. The van der Waals surface area contributed by atoms with E-state index in [-0.39, 0.29) is 58.3 Å². The van der Waals surface area contributed by atoms with Crippen molar-refractivity contribution in [1.82, 2.24) is 15.2 Å². The van der Waals surface area contributed by atoms with Gasteiger partial charge in [-0.3, -0.25) is 23.4 Å². The number of carbonyl (C=O) groups is 4. The smallest absolute Gasteiger partial charge is 0.462 e. The van der Waals surface area contributed by atoms with Crippen LogP contribution in [0.5, 0.6) is 0 Å². The third kappa shape index (κ3) is 32.7. The molecule has 2 aliphatic rings. The summed E-state index contributed by atoms with van der Waals surface area (Å²) >= 11 is 0. The first-order chi connectivity index (χ1) is 44.9. The number of alkyl carbamates (subject to hydrolysis) is 1. The number of amides is 2. The molecule has 4 rings (SSSR count). The molecule has 0 saturated heterocycles. The highest BCUT2D eigenvalue weighted by Gasteiger charge is 2.27. The summed E-state index contributed by atoms with van der Waals surface area (Å²) in [5.74, 6) is -0.486. The number of benzene rings is 3. The van der Waals surface area contributed by atoms with Crippen molar-refractivity contribution in [2.45, 2.75) is 253 Å². The first kappa shape index (κ1) is 79.1. The minimum absolute atomic E-state index is 0.0482. The Bertz CT molecular complexity index is 2740. The van der Waals surface area contributed by atoms with E-state index >= 15 is 0 Å². The zero-order valence-corrected chi connectivity index (χ0v) is 58.5. The number of nitrogens with one attached hydrogen (secondary N) is 2. The van der Waals surface area contributed by atoms with E-state index in [0.29, 0.717) is 18.4 Å². The van der Waals surface area contributed by atoms with E-state index < -0.39 is 45.2 Å². The third-order valence-corrected chi connectivity index (χ3v) is 18.1. The van der Waals surface area contributed by atoms with Crippen molar-refractivity contribution in [3.05, 3.63) is 71.6 Å². The topological polar surface area (TPSA) is 204 Å². The molecule has 0 saturated carbocycles. The largest absolute Gasteiger partial charge is 0.472 e. The van der Waals surface area contributed by atoms with Gasteiger partial charge < -0.3 is 43.8 Å². The third-order valence-electron chi connectivity index (χ3n) is 17.1. The molecule has 1 aliphatic heterocycles. The fourth-order valence-corrected chi connectivity index (χ4v) is 12.5. The number of hydrogen-bond acceptors (Lipinski definition) is 13. The highest BCUT2D eigenvalue weighted by Crippen LogP contribution is 2.44. The van der Waals surface area contributed by atoms with Crippen molar-refractivity contribution in [3.8, 4) is 22.5 Å². The lowest BCUT2D eigenvalue weighted by Gasteiger charge is -2.22. The quantitative estimate of drug-likeness (QED) is 0.00940. The first-order valence-corrected chi connectivity index (χ1v) is 37.5. The molecule has 18 heteroatoms. The number of rotatable bonds is 55. The number of anilines is 1. The Labute approximate surface area is 553 Å². The van der Waals surface area contributed by atoms with E-state index in [1.807, 2.05) is 24.3 Å². The summed E-state index contributed by atoms with van der Waals surface area (Å²) in [6.45, 7) is 15.2. The van der Waals surface area contributed by atoms with Crippen molar-refractivity contribution < 1.29 is 61.0 Å². The standard InChI is InChI=1S/C74H119N4O13P/c1-7-13-15-17-19-21-23-25-27-29-31-33-35-37-39-45-70(79)87-59-63(90-71(80)46-40-38-36-34-32-30-28-26-24-22-20-18-16-14-8-2)60-89-92(83,84)88-54-52-76-74(82)86-56-55-85-53-51-75-73(81)65-44-42-41-43-64(65)72-66-49-47-61(77(9-3)10-4)57-68(66)91-69-58-62(48-50-67(69)72)78(11-5)12-6/h41-44,47-50,57-58,63H,7-40,45-46,51-56,59-60H2,1-6H3,(H2-,75,76,81,82,83,84)/p+1/t63-/m1/s1. The molecular formula is C74H120N4O13P+. The maximum atomic E-state index is 13.9. The molecule has 0 radical (unpaired) electrons. The fraction of sp³-hybridized carbons (Fsp3) is 0.689. The van der Waals surface area contributed by atoms with Crippen LogP contribution in [0.1, 0.15) is 257 Å². The van der Waals surface area contributed by atoms with Gasteiger partial charge in [0.15, 0.2) is 6.10 Å². The van der Waals surface area contributed by atoms with Gasteiger partial charge >= 0.3 is 25.9 Å². The lowest BCUT2D eigenvalue weighted by atomic mass is 9.90. The van der Waals surface area contributed by atoms with Gasteiger partial charge in [-0.25, -0.2) is 13.9 Å². The van der Waals surface area contributed by atoms with Gasteiger partial charge in [-0.1, -0.05) is 212 Å². The highest BCUT2D eigenvalue weighted by molar-refractivity contribution is 7.47. The Balaban J connectivity index is 1.16.